The van der Waals surface area contributed by atoms with Crippen LogP contribution in [0.1, 0.15) is 43.4 Å². The van der Waals surface area contributed by atoms with E-state index in [9.17, 15) is 4.39 Å². The second-order valence-electron chi connectivity index (χ2n) is 6.92. The number of aryl methyl sites for hydroxylation is 1. The number of nitrogens with two attached hydrogens (primary N) is 1. The third kappa shape index (κ3) is 5.43. The van der Waals surface area contributed by atoms with E-state index in [1.165, 1.54) is 19.0 Å². The first-order valence-electron chi connectivity index (χ1n) is 8.80. The number of hydrazine groups is 1. The van der Waals surface area contributed by atoms with E-state index in [4.69, 9.17) is 5.84 Å². The van der Waals surface area contributed by atoms with Crippen molar-refractivity contribution in [2.75, 3.05) is 6.54 Å². The Morgan fingerprint density at radius 3 is 2.84 bits per heavy atom. The van der Waals surface area contributed by atoms with Crippen LogP contribution in [0.15, 0.2) is 43.8 Å². The van der Waals surface area contributed by atoms with Gasteiger partial charge in [0.05, 0.1) is 11.9 Å². The standard InChI is InChI=1S/C20H29FN4/c1-4-16(7-11-23-5-2)13-20(9-10-20)8-6-19(25-22)17-12-15(3)24-14-18(17)21/h4-6,12,14,16,23,25H,1-2,7-11,13,22H2,3H3/b19-6-. The van der Waals surface area contributed by atoms with Gasteiger partial charge in [0.1, 0.15) is 0 Å². The van der Waals surface area contributed by atoms with Crippen molar-refractivity contribution in [2.45, 2.75) is 39.0 Å². The van der Waals surface area contributed by atoms with E-state index < -0.39 is 0 Å². The summed E-state index contributed by atoms with van der Waals surface area (Å²) >= 11 is 0. The molecule has 1 saturated carbocycles. The summed E-state index contributed by atoms with van der Waals surface area (Å²) in [6.45, 7) is 10.4. The fraction of sp³-hybridized carbons (Fsp3) is 0.450. The summed E-state index contributed by atoms with van der Waals surface area (Å²) < 4.78 is 14.1. The van der Waals surface area contributed by atoms with Gasteiger partial charge in [0.2, 0.25) is 0 Å². The van der Waals surface area contributed by atoms with Gasteiger partial charge < -0.3 is 10.7 Å². The Morgan fingerprint density at radius 2 is 2.24 bits per heavy atom. The number of nitrogens with one attached hydrogen (secondary N) is 2. The molecule has 1 aliphatic carbocycles. The number of halogens is 1. The zero-order valence-corrected chi connectivity index (χ0v) is 15.0. The van der Waals surface area contributed by atoms with Crippen LogP contribution >= 0.6 is 0 Å². The maximum absolute atomic E-state index is 14.1. The van der Waals surface area contributed by atoms with Gasteiger partial charge in [0.15, 0.2) is 5.82 Å². The lowest BCUT2D eigenvalue weighted by atomic mass is 9.87. The fourth-order valence-corrected chi connectivity index (χ4v) is 3.21. The van der Waals surface area contributed by atoms with Crippen LogP contribution in [0.4, 0.5) is 4.39 Å². The summed E-state index contributed by atoms with van der Waals surface area (Å²) in [5.41, 5.74) is 4.79. The van der Waals surface area contributed by atoms with Crippen molar-refractivity contribution in [2.24, 2.45) is 17.2 Å². The Hall–Kier alpha value is -2.14. The largest absolute Gasteiger partial charge is 0.391 e. The highest BCUT2D eigenvalue weighted by Gasteiger charge is 2.42. The van der Waals surface area contributed by atoms with Crippen LogP contribution in [0, 0.1) is 24.1 Å². The minimum Gasteiger partial charge on any atom is -0.391 e. The third-order valence-electron chi connectivity index (χ3n) is 4.97. The third-order valence-corrected chi connectivity index (χ3v) is 4.97. The number of hydrogen-bond donors (Lipinski definition) is 3. The fourth-order valence-electron chi connectivity index (χ4n) is 3.21. The maximum Gasteiger partial charge on any atom is 0.150 e. The average Bonchev–Trinajstić information content (AvgIpc) is 3.37. The molecule has 0 spiro atoms. The molecule has 1 atom stereocenters. The van der Waals surface area contributed by atoms with E-state index >= 15 is 0 Å². The van der Waals surface area contributed by atoms with E-state index in [2.05, 4.69) is 28.9 Å². The minimum absolute atomic E-state index is 0.285. The van der Waals surface area contributed by atoms with Crippen LogP contribution in [0.5, 0.6) is 0 Å². The molecule has 1 heterocycles. The highest BCUT2D eigenvalue weighted by Crippen LogP contribution is 2.54. The average molecular weight is 344 g/mol. The topological polar surface area (TPSA) is 63.0 Å². The normalized spacial score (nSPS) is 16.8. The molecule has 25 heavy (non-hydrogen) atoms. The smallest absolute Gasteiger partial charge is 0.150 e. The van der Waals surface area contributed by atoms with Crippen molar-refractivity contribution in [3.63, 3.8) is 0 Å². The maximum atomic E-state index is 14.1. The van der Waals surface area contributed by atoms with Gasteiger partial charge in [-0.15, -0.1) is 6.58 Å². The lowest BCUT2D eigenvalue weighted by Crippen LogP contribution is -2.21. The quantitative estimate of drug-likeness (QED) is 0.247. The van der Waals surface area contributed by atoms with Gasteiger partial charge in [0.25, 0.3) is 0 Å². The Kier molecular flexibility index (Phi) is 6.76. The Morgan fingerprint density at radius 1 is 1.48 bits per heavy atom. The van der Waals surface area contributed by atoms with Crippen molar-refractivity contribution in [1.82, 2.24) is 15.7 Å². The van der Waals surface area contributed by atoms with Crippen molar-refractivity contribution in [3.05, 3.63) is 60.8 Å². The van der Waals surface area contributed by atoms with Gasteiger partial charge in [-0.05, 0) is 62.6 Å². The minimum atomic E-state index is -0.362. The lowest BCUT2D eigenvalue weighted by Gasteiger charge is -2.20. The van der Waals surface area contributed by atoms with Gasteiger partial charge in [-0.1, -0.05) is 18.7 Å². The Balaban J connectivity index is 2.03. The number of nitrogens with zero attached hydrogens (tertiary/aromatic N) is 1. The molecule has 0 aromatic carbocycles. The molecule has 0 amide bonds. The molecule has 4 nitrogen and oxygen atoms in total. The zero-order chi connectivity index (χ0) is 18.3. The number of pyridine rings is 1. The predicted octanol–water partition coefficient (Wildman–Crippen LogP) is 3.82. The number of hydrogen-bond acceptors (Lipinski definition) is 4. The summed E-state index contributed by atoms with van der Waals surface area (Å²) in [6, 6.07) is 1.72. The molecule has 1 aromatic rings. The van der Waals surface area contributed by atoms with Crippen LogP contribution in [-0.2, 0) is 0 Å². The summed E-state index contributed by atoms with van der Waals surface area (Å²) in [5.74, 6) is 5.75. The van der Waals surface area contributed by atoms with Crippen molar-refractivity contribution >= 4 is 5.70 Å². The number of rotatable bonds is 11. The monoisotopic (exact) mass is 344 g/mol. The molecule has 2 rings (SSSR count). The van der Waals surface area contributed by atoms with Crippen molar-refractivity contribution < 1.29 is 4.39 Å². The first-order chi connectivity index (χ1) is 12.0. The Bertz CT molecular complexity index is 635. The highest BCUT2D eigenvalue weighted by atomic mass is 19.1. The van der Waals surface area contributed by atoms with E-state index in [-0.39, 0.29) is 11.2 Å². The molecule has 1 aliphatic rings. The van der Waals surface area contributed by atoms with Gasteiger partial charge in [-0.2, -0.15) is 0 Å². The molecule has 1 fully saturated rings. The van der Waals surface area contributed by atoms with Crippen LogP contribution in [0.25, 0.3) is 5.70 Å². The molecule has 5 heteroatoms. The summed E-state index contributed by atoms with van der Waals surface area (Å²) in [4.78, 5) is 3.97. The molecule has 1 aromatic heterocycles. The molecule has 0 aliphatic heterocycles. The zero-order valence-electron chi connectivity index (χ0n) is 15.0. The van der Waals surface area contributed by atoms with Gasteiger partial charge >= 0.3 is 0 Å². The molecular formula is C20H29FN4. The molecule has 136 valence electrons. The molecule has 4 N–H and O–H groups in total. The van der Waals surface area contributed by atoms with Crippen LogP contribution in [0.3, 0.4) is 0 Å². The van der Waals surface area contributed by atoms with Crippen LogP contribution < -0.4 is 16.6 Å². The summed E-state index contributed by atoms with van der Waals surface area (Å²) in [7, 11) is 0. The van der Waals surface area contributed by atoms with Gasteiger partial charge in [-0.25, -0.2) is 4.39 Å². The summed E-state index contributed by atoms with van der Waals surface area (Å²) in [6.07, 6.45) is 12.4. The summed E-state index contributed by atoms with van der Waals surface area (Å²) in [5, 5.41) is 3.14. The molecule has 0 bridgehead atoms. The van der Waals surface area contributed by atoms with Crippen molar-refractivity contribution in [1.29, 1.82) is 0 Å². The second kappa shape index (κ2) is 8.81. The number of aromatic nitrogens is 1. The molecular weight excluding hydrogens is 315 g/mol. The van der Waals surface area contributed by atoms with Crippen LogP contribution in [0.2, 0.25) is 0 Å². The van der Waals surface area contributed by atoms with E-state index in [1.54, 1.807) is 12.3 Å². The molecule has 0 saturated heterocycles. The highest BCUT2D eigenvalue weighted by molar-refractivity contribution is 5.64. The van der Waals surface area contributed by atoms with E-state index in [0.717, 1.165) is 31.5 Å². The van der Waals surface area contributed by atoms with Gasteiger partial charge in [0, 0.05) is 17.8 Å². The van der Waals surface area contributed by atoms with E-state index in [1.807, 2.05) is 19.1 Å². The number of allylic oxidation sites excluding steroid dienone is 2. The second-order valence-corrected chi connectivity index (χ2v) is 6.92. The van der Waals surface area contributed by atoms with Crippen LogP contribution in [-0.4, -0.2) is 11.5 Å². The first kappa shape index (κ1) is 19.2. The van der Waals surface area contributed by atoms with Crippen molar-refractivity contribution in [3.8, 4) is 0 Å². The molecule has 0 radical (unpaired) electrons. The predicted molar refractivity (Wildman–Crippen MR) is 102 cm³/mol. The first-order valence-corrected chi connectivity index (χ1v) is 8.80. The van der Waals surface area contributed by atoms with Gasteiger partial charge in [-0.3, -0.25) is 10.8 Å². The Labute approximate surface area is 150 Å². The lowest BCUT2D eigenvalue weighted by molar-refractivity contribution is 0.383. The van der Waals surface area contributed by atoms with E-state index in [0.29, 0.717) is 17.2 Å². The molecule has 1 unspecified atom stereocenters. The SMILES string of the molecule is C=CNCCC(C=C)CC1(C/C=C(\NN)c2cc(C)ncc2F)CC1.